The maximum atomic E-state index is 13.4. The molecule has 3 aromatic rings. The van der Waals surface area contributed by atoms with Crippen molar-refractivity contribution in [3.8, 4) is 22.8 Å². The van der Waals surface area contributed by atoms with E-state index in [9.17, 15) is 12.8 Å². The summed E-state index contributed by atoms with van der Waals surface area (Å²) in [4.78, 5) is 6.77. The lowest BCUT2D eigenvalue weighted by atomic mass is 10.1. The minimum Gasteiger partial charge on any atom is -0.493 e. The lowest BCUT2D eigenvalue weighted by molar-refractivity contribution is 0.355. The second kappa shape index (κ2) is 9.22. The van der Waals surface area contributed by atoms with Crippen LogP contribution in [0.5, 0.6) is 11.5 Å². The molecule has 1 aliphatic heterocycles. The van der Waals surface area contributed by atoms with E-state index in [0.717, 1.165) is 28.5 Å². The van der Waals surface area contributed by atoms with E-state index >= 15 is 0 Å². The van der Waals surface area contributed by atoms with Gasteiger partial charge in [0.2, 0.25) is 10.0 Å². The van der Waals surface area contributed by atoms with E-state index < -0.39 is 15.8 Å². The predicted octanol–water partition coefficient (Wildman–Crippen LogP) is 4.13. The molecule has 2 heterocycles. The Bertz CT molecular complexity index is 1230. The number of hydrogen-bond acceptors (Lipinski definition) is 7. The molecule has 0 amide bonds. The van der Waals surface area contributed by atoms with Crippen molar-refractivity contribution in [3.05, 3.63) is 52.6 Å². The van der Waals surface area contributed by atoms with E-state index in [0.29, 0.717) is 37.7 Å². The maximum Gasteiger partial charge on any atom is 0.243 e. The Morgan fingerprint density at radius 3 is 2.41 bits per heavy atom. The van der Waals surface area contributed by atoms with E-state index in [4.69, 9.17) is 26.1 Å². The van der Waals surface area contributed by atoms with Crippen LogP contribution in [0.4, 0.5) is 9.52 Å². The number of piperazine rings is 1. The summed E-state index contributed by atoms with van der Waals surface area (Å²) in [5.74, 6) is 0.621. The van der Waals surface area contributed by atoms with Gasteiger partial charge in [0, 0.05) is 37.1 Å². The van der Waals surface area contributed by atoms with Gasteiger partial charge >= 0.3 is 0 Å². The highest BCUT2D eigenvalue weighted by Crippen LogP contribution is 2.34. The van der Waals surface area contributed by atoms with Crippen molar-refractivity contribution in [2.45, 2.75) is 4.90 Å². The number of nitrogens with zero attached hydrogens (tertiary/aromatic N) is 3. The number of hydrogen-bond donors (Lipinski definition) is 0. The standard InChI is InChI=1S/C21H21ClFN3O4S2/c1-29-19-6-3-14(11-20(19)30-2)18-13-31-21(24-18)25-7-9-26(10-8-25)32(27,28)15-4-5-17(23)16(22)12-15/h3-6,11-13H,7-10H2,1-2H3. The van der Waals surface area contributed by atoms with Crippen molar-refractivity contribution in [1.82, 2.24) is 9.29 Å². The molecule has 170 valence electrons. The Morgan fingerprint density at radius 2 is 1.75 bits per heavy atom. The number of thiazole rings is 1. The summed E-state index contributed by atoms with van der Waals surface area (Å²) in [6.45, 7) is 1.57. The number of rotatable bonds is 6. The first-order valence-corrected chi connectivity index (χ1v) is 12.4. The molecule has 0 bridgehead atoms. The fraction of sp³-hybridized carbons (Fsp3) is 0.286. The fourth-order valence-corrected chi connectivity index (χ4v) is 6.03. The van der Waals surface area contributed by atoms with Crippen molar-refractivity contribution in [2.75, 3.05) is 45.3 Å². The molecule has 7 nitrogen and oxygen atoms in total. The zero-order chi connectivity index (χ0) is 22.9. The van der Waals surface area contributed by atoms with Crippen LogP contribution in [-0.2, 0) is 10.0 Å². The number of ether oxygens (including phenoxy) is 2. The molecule has 0 aliphatic carbocycles. The second-order valence-electron chi connectivity index (χ2n) is 7.05. The smallest absolute Gasteiger partial charge is 0.243 e. The molecule has 1 fully saturated rings. The van der Waals surface area contributed by atoms with Gasteiger partial charge in [0.1, 0.15) is 5.82 Å². The zero-order valence-corrected chi connectivity index (χ0v) is 19.8. The molecule has 0 spiro atoms. The summed E-state index contributed by atoms with van der Waals surface area (Å²) in [7, 11) is -0.575. The summed E-state index contributed by atoms with van der Waals surface area (Å²) in [5, 5.41) is 2.56. The first kappa shape index (κ1) is 22.8. The third-order valence-corrected chi connectivity index (χ3v) is 8.30. The van der Waals surface area contributed by atoms with Crippen LogP contribution < -0.4 is 14.4 Å². The van der Waals surface area contributed by atoms with Crippen LogP contribution in [0.25, 0.3) is 11.3 Å². The third kappa shape index (κ3) is 4.40. The van der Waals surface area contributed by atoms with Crippen molar-refractivity contribution in [2.24, 2.45) is 0 Å². The summed E-state index contributed by atoms with van der Waals surface area (Å²) < 4.78 is 51.2. The topological polar surface area (TPSA) is 72.0 Å². The van der Waals surface area contributed by atoms with E-state index in [-0.39, 0.29) is 9.92 Å². The molecule has 0 N–H and O–H groups in total. The van der Waals surface area contributed by atoms with Crippen molar-refractivity contribution in [1.29, 1.82) is 0 Å². The van der Waals surface area contributed by atoms with Gasteiger partial charge in [-0.15, -0.1) is 11.3 Å². The molecule has 2 aromatic carbocycles. The molecule has 0 radical (unpaired) electrons. The summed E-state index contributed by atoms with van der Waals surface area (Å²) >= 11 is 7.26. The molecule has 32 heavy (non-hydrogen) atoms. The second-order valence-corrected chi connectivity index (χ2v) is 10.2. The first-order valence-electron chi connectivity index (χ1n) is 9.71. The van der Waals surface area contributed by atoms with Crippen LogP contribution in [0.3, 0.4) is 0 Å². The number of halogens is 2. The highest BCUT2D eigenvalue weighted by Gasteiger charge is 2.30. The van der Waals surface area contributed by atoms with Crippen molar-refractivity contribution in [3.63, 3.8) is 0 Å². The minimum atomic E-state index is -3.75. The van der Waals surface area contributed by atoms with Crippen LogP contribution in [-0.4, -0.2) is 58.1 Å². The Labute approximate surface area is 195 Å². The van der Waals surface area contributed by atoms with Crippen LogP contribution in [0.2, 0.25) is 5.02 Å². The van der Waals surface area contributed by atoms with Gasteiger partial charge in [0.15, 0.2) is 16.6 Å². The molecule has 0 saturated carbocycles. The van der Waals surface area contributed by atoms with Crippen molar-refractivity contribution < 1.29 is 22.3 Å². The molecule has 1 aliphatic rings. The highest BCUT2D eigenvalue weighted by atomic mass is 35.5. The predicted molar refractivity (Wildman–Crippen MR) is 123 cm³/mol. The molecule has 0 unspecified atom stereocenters. The molecule has 4 rings (SSSR count). The lowest BCUT2D eigenvalue weighted by Gasteiger charge is -2.33. The average molecular weight is 498 g/mol. The van der Waals surface area contributed by atoms with Gasteiger partial charge in [0.25, 0.3) is 0 Å². The van der Waals surface area contributed by atoms with E-state index in [1.807, 2.05) is 23.6 Å². The van der Waals surface area contributed by atoms with Gasteiger partial charge in [-0.25, -0.2) is 17.8 Å². The largest absolute Gasteiger partial charge is 0.493 e. The third-order valence-electron chi connectivity index (χ3n) is 5.21. The molecular weight excluding hydrogens is 477 g/mol. The summed E-state index contributed by atoms with van der Waals surface area (Å²) in [6, 6.07) is 9.07. The van der Waals surface area contributed by atoms with Gasteiger partial charge in [0.05, 0.1) is 29.8 Å². The fourth-order valence-electron chi connectivity index (χ4n) is 3.44. The average Bonchev–Trinajstić information content (AvgIpc) is 3.30. The monoisotopic (exact) mass is 497 g/mol. The maximum absolute atomic E-state index is 13.4. The van der Waals surface area contributed by atoms with E-state index in [2.05, 4.69) is 4.90 Å². The van der Waals surface area contributed by atoms with Gasteiger partial charge < -0.3 is 14.4 Å². The Morgan fingerprint density at radius 1 is 1.03 bits per heavy atom. The number of benzene rings is 2. The lowest BCUT2D eigenvalue weighted by Crippen LogP contribution is -2.48. The van der Waals surface area contributed by atoms with E-state index in [1.54, 1.807) is 14.2 Å². The van der Waals surface area contributed by atoms with Crippen LogP contribution in [0.15, 0.2) is 46.7 Å². The van der Waals surface area contributed by atoms with Gasteiger partial charge in [-0.05, 0) is 36.4 Å². The number of sulfonamides is 1. The Kier molecular flexibility index (Phi) is 6.57. The Hall–Kier alpha value is -2.40. The highest BCUT2D eigenvalue weighted by molar-refractivity contribution is 7.89. The molecule has 0 atom stereocenters. The molecule has 1 aromatic heterocycles. The Balaban J connectivity index is 1.46. The molecule has 11 heteroatoms. The van der Waals surface area contributed by atoms with Gasteiger partial charge in [-0.2, -0.15) is 4.31 Å². The zero-order valence-electron chi connectivity index (χ0n) is 17.4. The normalized spacial score (nSPS) is 15.1. The van der Waals surface area contributed by atoms with Gasteiger partial charge in [-0.1, -0.05) is 11.6 Å². The summed E-state index contributed by atoms with van der Waals surface area (Å²) in [5.41, 5.74) is 1.71. The first-order chi connectivity index (χ1) is 15.3. The molecule has 1 saturated heterocycles. The quantitative estimate of drug-likeness (QED) is 0.510. The van der Waals surface area contributed by atoms with Crippen LogP contribution in [0.1, 0.15) is 0 Å². The summed E-state index contributed by atoms with van der Waals surface area (Å²) in [6.07, 6.45) is 0. The number of methoxy groups -OCH3 is 2. The minimum absolute atomic E-state index is 0.0117. The van der Waals surface area contributed by atoms with Gasteiger partial charge in [-0.3, -0.25) is 0 Å². The number of aromatic nitrogens is 1. The molecular formula is C21H21ClFN3O4S2. The SMILES string of the molecule is COc1ccc(-c2csc(N3CCN(S(=O)(=O)c4ccc(F)c(Cl)c4)CC3)n2)cc1OC. The van der Waals surface area contributed by atoms with Crippen LogP contribution in [0, 0.1) is 5.82 Å². The van der Waals surface area contributed by atoms with Crippen LogP contribution >= 0.6 is 22.9 Å². The number of anilines is 1. The van der Waals surface area contributed by atoms with Crippen molar-refractivity contribution >= 4 is 38.1 Å². The van der Waals surface area contributed by atoms with E-state index in [1.165, 1.54) is 21.7 Å².